The molecule has 0 fully saturated rings. The minimum atomic E-state index is -0.133. The molecule has 0 unspecified atom stereocenters. The molecule has 2 aliphatic heterocycles. The van der Waals surface area contributed by atoms with Crippen molar-refractivity contribution in [2.75, 3.05) is 4.81 Å². The summed E-state index contributed by atoms with van der Waals surface area (Å²) < 4.78 is 13.1. The van der Waals surface area contributed by atoms with E-state index < -0.39 is 0 Å². The van der Waals surface area contributed by atoms with E-state index in [1.807, 2.05) is 16.8 Å². The largest absolute Gasteiger partial charge is 0.510 e. The summed E-state index contributed by atoms with van der Waals surface area (Å²) in [6.45, 7) is 13.4. The van der Waals surface area contributed by atoms with Gasteiger partial charge in [0.05, 0.1) is 5.69 Å². The molecular formula is C44H38BN5OPt-2. The van der Waals surface area contributed by atoms with Gasteiger partial charge in [-0.05, 0) is 70.1 Å². The van der Waals surface area contributed by atoms with Gasteiger partial charge >= 0.3 is 6.85 Å². The van der Waals surface area contributed by atoms with Crippen LogP contribution in [-0.2, 0) is 31.9 Å². The van der Waals surface area contributed by atoms with Gasteiger partial charge in [0.15, 0.2) is 0 Å². The Morgan fingerprint density at radius 2 is 1.56 bits per heavy atom. The van der Waals surface area contributed by atoms with Gasteiger partial charge in [-0.2, -0.15) is 17.7 Å². The molecule has 3 aromatic heterocycles. The van der Waals surface area contributed by atoms with Crippen molar-refractivity contribution < 1.29 is 30.4 Å². The number of ether oxygens (including phenoxy) is 1. The van der Waals surface area contributed by atoms with Crippen molar-refractivity contribution in [3.05, 3.63) is 151 Å². The van der Waals surface area contributed by atoms with Crippen LogP contribution in [-0.4, -0.2) is 21.0 Å². The van der Waals surface area contributed by atoms with Crippen molar-refractivity contribution in [3.63, 3.8) is 0 Å². The number of para-hydroxylation sites is 3. The van der Waals surface area contributed by atoms with Crippen molar-refractivity contribution in [1.29, 1.82) is 0 Å². The maximum atomic E-state index is 6.69. The van der Waals surface area contributed by atoms with Gasteiger partial charge in [0, 0.05) is 61.8 Å². The zero-order valence-corrected chi connectivity index (χ0v) is 32.4. The minimum Gasteiger partial charge on any atom is -0.510 e. The van der Waals surface area contributed by atoms with Gasteiger partial charge in [-0.15, -0.1) is 29.7 Å². The maximum Gasteiger partial charge on any atom is 0.315 e. The van der Waals surface area contributed by atoms with E-state index in [4.69, 9.17) is 9.72 Å². The summed E-state index contributed by atoms with van der Waals surface area (Å²) >= 11 is 0. The molecule has 6 nitrogen and oxygen atoms in total. The molecule has 0 bridgehead atoms. The maximum absolute atomic E-state index is 6.69. The molecule has 0 saturated heterocycles. The van der Waals surface area contributed by atoms with Crippen LogP contribution in [0.15, 0.2) is 122 Å². The second-order valence-corrected chi connectivity index (χ2v) is 15.5. The summed E-state index contributed by atoms with van der Waals surface area (Å²) in [5.41, 5.74) is 8.43. The molecule has 0 amide bonds. The predicted molar refractivity (Wildman–Crippen MR) is 206 cm³/mol. The van der Waals surface area contributed by atoms with Crippen LogP contribution in [0, 0.1) is 18.5 Å². The van der Waals surface area contributed by atoms with Crippen molar-refractivity contribution >= 4 is 39.9 Å². The van der Waals surface area contributed by atoms with Gasteiger partial charge in [-0.25, -0.2) is 4.98 Å². The van der Waals surface area contributed by atoms with Gasteiger partial charge in [-0.1, -0.05) is 89.4 Å². The summed E-state index contributed by atoms with van der Waals surface area (Å²) in [5, 5.41) is 2.24. The van der Waals surface area contributed by atoms with Crippen LogP contribution in [0.1, 0.15) is 52.7 Å². The Kier molecular flexibility index (Phi) is 8.19. The van der Waals surface area contributed by atoms with Crippen molar-refractivity contribution in [3.8, 4) is 28.7 Å². The third kappa shape index (κ3) is 5.72. The molecule has 2 aliphatic rings. The molecule has 0 saturated carbocycles. The number of hydrogen-bond acceptors (Lipinski definition) is 3. The van der Waals surface area contributed by atoms with Crippen LogP contribution in [0.5, 0.6) is 11.5 Å². The van der Waals surface area contributed by atoms with Gasteiger partial charge in [-0.3, -0.25) is 4.57 Å². The number of anilines is 1. The normalized spacial score (nSPS) is 13.6. The number of nitrogens with zero attached hydrogens (tertiary/aromatic N) is 5. The molecule has 0 spiro atoms. The molecule has 0 atom stereocenters. The summed E-state index contributed by atoms with van der Waals surface area (Å²) in [6.07, 6.45) is 14.0. The Balaban J connectivity index is 0.00000387. The van der Waals surface area contributed by atoms with Crippen LogP contribution in [0.25, 0.3) is 39.0 Å². The van der Waals surface area contributed by atoms with Crippen LogP contribution in [0.2, 0.25) is 0 Å². The standard InChI is InChI=1S/C44H38BN5O.Pt/c1-43(2,3)30-19-21-46-42(25-30)50-37-14-8-7-13-35(37)36-18-17-33(27-40(36)50)51-34-24-31(44(4,5)6)23-32(26-34)47-28-41-45-20-11-12-22-49(45)39-16-10-9-15-38(39)48(41)29-47;/h7-25,28H,1-6H3;/q-2;. The quantitative estimate of drug-likeness (QED) is 0.101. The number of rotatable bonds is 4. The molecule has 52 heavy (non-hydrogen) atoms. The van der Waals surface area contributed by atoms with E-state index in [-0.39, 0.29) is 38.7 Å². The third-order valence-electron chi connectivity index (χ3n) is 9.96. The first-order valence-electron chi connectivity index (χ1n) is 17.5. The monoisotopic (exact) mass is 858 g/mol. The summed E-state index contributed by atoms with van der Waals surface area (Å²) in [4.78, 5) is 7.15. The first-order chi connectivity index (χ1) is 24.5. The van der Waals surface area contributed by atoms with Crippen LogP contribution in [0.3, 0.4) is 0 Å². The summed E-state index contributed by atoms with van der Waals surface area (Å²) in [6, 6.07) is 36.8. The molecule has 8 heteroatoms. The topological polar surface area (TPSA) is 39.1 Å². The minimum absolute atomic E-state index is 0. The van der Waals surface area contributed by atoms with E-state index in [0.717, 1.165) is 55.8 Å². The fraction of sp³-hybridized carbons (Fsp3) is 0.182. The second kappa shape index (κ2) is 12.5. The molecule has 260 valence electrons. The number of allylic oxidation sites excluding steroid dienone is 2. The number of imidazole rings is 1. The molecule has 0 N–H and O–H groups in total. The fourth-order valence-corrected chi connectivity index (χ4v) is 7.19. The Bertz CT molecular complexity index is 2570. The molecule has 0 aliphatic carbocycles. The first-order valence-corrected chi connectivity index (χ1v) is 17.5. The first kappa shape index (κ1) is 34.0. The molecule has 0 radical (unpaired) electrons. The van der Waals surface area contributed by atoms with Crippen LogP contribution in [0.4, 0.5) is 5.69 Å². The summed E-state index contributed by atoms with van der Waals surface area (Å²) in [7, 11) is 0. The molecule has 9 rings (SSSR count). The average Bonchev–Trinajstić information content (AvgIpc) is 3.72. The average molecular weight is 859 g/mol. The van der Waals surface area contributed by atoms with Crippen molar-refractivity contribution in [2.45, 2.75) is 52.4 Å². The van der Waals surface area contributed by atoms with Crippen LogP contribution < -0.4 is 19.7 Å². The Morgan fingerprint density at radius 1 is 0.769 bits per heavy atom. The molecule has 5 heterocycles. The van der Waals surface area contributed by atoms with Crippen molar-refractivity contribution in [2.24, 2.45) is 0 Å². The number of pyridine rings is 1. The predicted octanol–water partition coefficient (Wildman–Crippen LogP) is 8.67. The number of aromatic nitrogens is 4. The zero-order valence-electron chi connectivity index (χ0n) is 30.1. The number of fused-ring (bicyclic) bond motifs is 9. The van der Waals surface area contributed by atoms with Gasteiger partial charge in [0.2, 0.25) is 0 Å². The Hall–Kier alpha value is -5.13. The van der Waals surface area contributed by atoms with Gasteiger partial charge < -0.3 is 18.7 Å². The van der Waals surface area contributed by atoms with E-state index in [1.54, 1.807) is 0 Å². The van der Waals surface area contributed by atoms with Crippen LogP contribution >= 0.6 is 0 Å². The van der Waals surface area contributed by atoms with E-state index in [1.165, 1.54) is 5.56 Å². The van der Waals surface area contributed by atoms with Gasteiger partial charge in [0.25, 0.3) is 6.33 Å². The molecule has 7 aromatic rings. The number of benzene rings is 4. The smallest absolute Gasteiger partial charge is 0.315 e. The molecular weight excluding hydrogens is 820 g/mol. The van der Waals surface area contributed by atoms with E-state index in [9.17, 15) is 0 Å². The SMILES string of the molecule is CC(C)(C)c1cc(Oc2[c-]c3c(cc2)c2ccccc2n3-c2cc(C(C)(C)C)ccn2)[c-]c(-n2[c-][n+]3c(c2)B2C=CC=CN2c2ccccc2-3)c1.[Pt]. The van der Waals surface area contributed by atoms with E-state index in [0.29, 0.717) is 11.5 Å². The summed E-state index contributed by atoms with van der Waals surface area (Å²) in [5.74, 6) is 4.32. The van der Waals surface area contributed by atoms with E-state index >= 15 is 0 Å². The third-order valence-corrected chi connectivity index (χ3v) is 9.96. The fourth-order valence-electron chi connectivity index (χ4n) is 7.19. The Labute approximate surface area is 320 Å². The van der Waals surface area contributed by atoms with E-state index in [2.05, 4.69) is 183 Å². The second-order valence-electron chi connectivity index (χ2n) is 15.5. The molecule has 4 aromatic carbocycles. The number of hydrogen-bond donors (Lipinski definition) is 0. The zero-order chi connectivity index (χ0) is 35.1. The van der Waals surface area contributed by atoms with Crippen molar-refractivity contribution in [1.82, 2.24) is 14.1 Å². The van der Waals surface area contributed by atoms with Gasteiger partial charge in [0.1, 0.15) is 5.82 Å². The Morgan fingerprint density at radius 3 is 2.38 bits per heavy atom.